The zero-order chi connectivity index (χ0) is 12.0. The molecule has 3 aromatic heterocycles. The highest BCUT2D eigenvalue weighted by molar-refractivity contribution is 7.15. The fraction of sp³-hybridized carbons (Fsp3) is 0.200. The minimum Gasteiger partial charge on any atom is -0.375 e. The number of hydrogen-bond donors (Lipinski definition) is 1. The average Bonchev–Trinajstić information content (AvgIpc) is 2.91. The molecule has 88 valence electrons. The van der Waals surface area contributed by atoms with Crippen LogP contribution in [0.3, 0.4) is 0 Å². The monoisotopic (exact) mass is 284 g/mol. The lowest BCUT2D eigenvalue weighted by Crippen LogP contribution is -1.96. The van der Waals surface area contributed by atoms with Gasteiger partial charge in [-0.15, -0.1) is 22.7 Å². The molecule has 7 heteroatoms. The van der Waals surface area contributed by atoms with Gasteiger partial charge in [-0.25, -0.2) is 9.97 Å². The summed E-state index contributed by atoms with van der Waals surface area (Å²) in [5.74, 6) is 0. The van der Waals surface area contributed by atoms with Gasteiger partial charge in [-0.2, -0.15) is 0 Å². The third-order valence-corrected chi connectivity index (χ3v) is 4.47. The normalized spacial score (nSPS) is 11.4. The standard InChI is InChI=1S/C10H9ClN4S2/c1-5-3-17-10-14-8(11)7(15(5)10)2-6-4-16-9(12)13-6/h3-4H,2H2,1H3,(H2,12,13). The molecule has 0 unspecified atom stereocenters. The van der Waals surface area contributed by atoms with Crippen LogP contribution in [0.25, 0.3) is 4.96 Å². The largest absolute Gasteiger partial charge is 0.375 e. The second-order valence-electron chi connectivity index (χ2n) is 3.70. The Balaban J connectivity index is 2.10. The quantitative estimate of drug-likeness (QED) is 0.787. The van der Waals surface area contributed by atoms with E-state index in [0.717, 1.165) is 22.0 Å². The third-order valence-electron chi connectivity index (χ3n) is 2.50. The summed E-state index contributed by atoms with van der Waals surface area (Å²) in [6.45, 7) is 2.04. The molecule has 0 radical (unpaired) electrons. The molecule has 0 fully saturated rings. The number of imidazole rings is 1. The van der Waals surface area contributed by atoms with Crippen LogP contribution >= 0.6 is 34.3 Å². The zero-order valence-corrected chi connectivity index (χ0v) is 11.4. The number of rotatable bonds is 2. The predicted octanol–water partition coefficient (Wildman–Crippen LogP) is 2.99. The first-order chi connectivity index (χ1) is 8.15. The van der Waals surface area contributed by atoms with Crippen LogP contribution in [0.1, 0.15) is 17.1 Å². The van der Waals surface area contributed by atoms with E-state index in [1.165, 1.54) is 11.3 Å². The SMILES string of the molecule is Cc1csc2nc(Cl)c(Cc3csc(N)n3)n12. The van der Waals surface area contributed by atoms with Gasteiger partial charge in [0.1, 0.15) is 0 Å². The van der Waals surface area contributed by atoms with Crippen molar-refractivity contribution in [2.45, 2.75) is 13.3 Å². The molecule has 0 aromatic carbocycles. The molecule has 0 amide bonds. The van der Waals surface area contributed by atoms with Crippen molar-refractivity contribution >= 4 is 44.4 Å². The number of halogens is 1. The number of aromatic nitrogens is 3. The van der Waals surface area contributed by atoms with Crippen LogP contribution in [0.2, 0.25) is 5.15 Å². The van der Waals surface area contributed by atoms with Crippen molar-refractivity contribution in [2.24, 2.45) is 0 Å². The van der Waals surface area contributed by atoms with E-state index >= 15 is 0 Å². The Morgan fingerprint density at radius 3 is 2.88 bits per heavy atom. The summed E-state index contributed by atoms with van der Waals surface area (Å²) in [5, 5.41) is 5.15. The first kappa shape index (κ1) is 11.0. The summed E-state index contributed by atoms with van der Waals surface area (Å²) in [7, 11) is 0. The number of aryl methyl sites for hydroxylation is 1. The maximum Gasteiger partial charge on any atom is 0.195 e. The van der Waals surface area contributed by atoms with Gasteiger partial charge in [-0.05, 0) is 6.92 Å². The molecule has 0 saturated carbocycles. The Morgan fingerprint density at radius 2 is 2.18 bits per heavy atom. The lowest BCUT2D eigenvalue weighted by molar-refractivity contribution is 0.978. The van der Waals surface area contributed by atoms with Crippen LogP contribution < -0.4 is 5.73 Å². The van der Waals surface area contributed by atoms with E-state index in [9.17, 15) is 0 Å². The summed E-state index contributed by atoms with van der Waals surface area (Å²) in [6.07, 6.45) is 0.658. The zero-order valence-electron chi connectivity index (χ0n) is 8.98. The van der Waals surface area contributed by atoms with Crippen LogP contribution in [0, 0.1) is 6.92 Å². The number of nitrogens with two attached hydrogens (primary N) is 1. The highest BCUT2D eigenvalue weighted by atomic mass is 35.5. The first-order valence-corrected chi connectivity index (χ1v) is 7.09. The lowest BCUT2D eigenvalue weighted by atomic mass is 10.2. The molecule has 0 bridgehead atoms. The second kappa shape index (κ2) is 3.97. The van der Waals surface area contributed by atoms with Gasteiger partial charge in [-0.1, -0.05) is 11.6 Å². The summed E-state index contributed by atoms with van der Waals surface area (Å²) in [5.41, 5.74) is 8.67. The Morgan fingerprint density at radius 1 is 1.35 bits per heavy atom. The van der Waals surface area contributed by atoms with E-state index in [2.05, 4.69) is 19.7 Å². The molecule has 0 aliphatic carbocycles. The van der Waals surface area contributed by atoms with Crippen molar-refractivity contribution in [3.05, 3.63) is 33.0 Å². The maximum absolute atomic E-state index is 6.16. The number of hydrogen-bond acceptors (Lipinski definition) is 5. The summed E-state index contributed by atoms with van der Waals surface area (Å²) >= 11 is 9.19. The highest BCUT2D eigenvalue weighted by Gasteiger charge is 2.15. The molecule has 3 aromatic rings. The molecule has 0 spiro atoms. The van der Waals surface area contributed by atoms with Crippen LogP contribution in [0.5, 0.6) is 0 Å². The van der Waals surface area contributed by atoms with E-state index in [0.29, 0.717) is 16.7 Å². The number of anilines is 1. The molecule has 2 N–H and O–H groups in total. The van der Waals surface area contributed by atoms with Crippen molar-refractivity contribution in [2.75, 3.05) is 5.73 Å². The molecule has 0 aliphatic heterocycles. The molecule has 0 saturated heterocycles. The molecular weight excluding hydrogens is 276 g/mol. The van der Waals surface area contributed by atoms with E-state index < -0.39 is 0 Å². The lowest BCUT2D eigenvalue weighted by Gasteiger charge is -1.99. The van der Waals surface area contributed by atoms with Crippen molar-refractivity contribution in [1.82, 2.24) is 14.4 Å². The fourth-order valence-corrected chi connectivity index (χ4v) is 3.50. The van der Waals surface area contributed by atoms with Crippen molar-refractivity contribution < 1.29 is 0 Å². The Labute approximate surface area is 111 Å². The number of nitrogen functional groups attached to an aromatic ring is 1. The Kier molecular flexibility index (Phi) is 2.57. The average molecular weight is 285 g/mol. The van der Waals surface area contributed by atoms with Gasteiger partial charge in [0.2, 0.25) is 0 Å². The van der Waals surface area contributed by atoms with Gasteiger partial charge in [0.05, 0.1) is 11.4 Å². The van der Waals surface area contributed by atoms with Gasteiger partial charge >= 0.3 is 0 Å². The number of nitrogens with zero attached hydrogens (tertiary/aromatic N) is 3. The van der Waals surface area contributed by atoms with Gasteiger partial charge in [0, 0.05) is 22.9 Å². The van der Waals surface area contributed by atoms with Gasteiger partial charge < -0.3 is 5.73 Å². The maximum atomic E-state index is 6.16. The van der Waals surface area contributed by atoms with E-state index in [4.69, 9.17) is 17.3 Å². The van der Waals surface area contributed by atoms with Crippen LogP contribution in [0.4, 0.5) is 5.13 Å². The van der Waals surface area contributed by atoms with E-state index in [1.54, 1.807) is 11.3 Å². The fourth-order valence-electron chi connectivity index (χ4n) is 1.77. The first-order valence-electron chi connectivity index (χ1n) is 4.96. The molecule has 0 aliphatic rings. The summed E-state index contributed by atoms with van der Waals surface area (Å²) in [6, 6.07) is 0. The molecular formula is C10H9ClN4S2. The third kappa shape index (κ3) is 1.82. The molecule has 3 rings (SSSR count). The Hall–Kier alpha value is -1.11. The van der Waals surface area contributed by atoms with Gasteiger partial charge in [0.25, 0.3) is 0 Å². The van der Waals surface area contributed by atoms with Crippen LogP contribution in [-0.2, 0) is 6.42 Å². The number of thiazole rings is 2. The van der Waals surface area contributed by atoms with Crippen LogP contribution in [-0.4, -0.2) is 14.4 Å². The van der Waals surface area contributed by atoms with Crippen molar-refractivity contribution in [3.63, 3.8) is 0 Å². The smallest absolute Gasteiger partial charge is 0.195 e. The molecule has 0 atom stereocenters. The minimum atomic E-state index is 0.548. The van der Waals surface area contributed by atoms with E-state index in [1.807, 2.05) is 12.3 Å². The van der Waals surface area contributed by atoms with Gasteiger partial charge in [-0.3, -0.25) is 4.40 Å². The molecule has 17 heavy (non-hydrogen) atoms. The minimum absolute atomic E-state index is 0.548. The summed E-state index contributed by atoms with van der Waals surface area (Å²) < 4.78 is 2.07. The summed E-state index contributed by atoms with van der Waals surface area (Å²) in [4.78, 5) is 9.50. The Bertz CT molecular complexity index is 682. The van der Waals surface area contributed by atoms with Crippen molar-refractivity contribution in [1.29, 1.82) is 0 Å². The topological polar surface area (TPSA) is 56.2 Å². The molecule has 4 nitrogen and oxygen atoms in total. The van der Waals surface area contributed by atoms with E-state index in [-0.39, 0.29) is 0 Å². The van der Waals surface area contributed by atoms with Gasteiger partial charge in [0.15, 0.2) is 15.2 Å². The molecule has 3 heterocycles. The highest BCUT2D eigenvalue weighted by Crippen LogP contribution is 2.26. The number of fused-ring (bicyclic) bond motifs is 1. The second-order valence-corrected chi connectivity index (χ2v) is 5.78. The van der Waals surface area contributed by atoms with Crippen LogP contribution in [0.15, 0.2) is 10.8 Å². The predicted molar refractivity (Wildman–Crippen MR) is 72.1 cm³/mol. The van der Waals surface area contributed by atoms with Crippen molar-refractivity contribution in [3.8, 4) is 0 Å².